The number of aromatic nitrogens is 2. The van der Waals surface area contributed by atoms with Crippen LogP contribution in [0.4, 0.5) is 0 Å². The van der Waals surface area contributed by atoms with Crippen LogP contribution in [0.1, 0.15) is 23.6 Å². The van der Waals surface area contributed by atoms with Crippen molar-refractivity contribution in [3.8, 4) is 0 Å². The molecular formula is C30H24N4O3. The first kappa shape index (κ1) is 22.7. The Morgan fingerprint density at radius 2 is 1.62 bits per heavy atom. The van der Waals surface area contributed by atoms with Crippen molar-refractivity contribution in [3.05, 3.63) is 115 Å². The van der Waals surface area contributed by atoms with E-state index in [-0.39, 0.29) is 25.1 Å². The molecule has 6 rings (SSSR count). The number of para-hydroxylation sites is 2. The van der Waals surface area contributed by atoms with E-state index < -0.39 is 5.97 Å². The number of amides is 1. The van der Waals surface area contributed by atoms with Crippen molar-refractivity contribution in [1.29, 1.82) is 0 Å². The molecule has 0 radical (unpaired) electrons. The molecule has 1 atom stereocenters. The number of nitrogens with zero attached hydrogens (tertiary/aromatic N) is 4. The fourth-order valence-electron chi connectivity index (χ4n) is 4.75. The van der Waals surface area contributed by atoms with Crippen LogP contribution in [0.15, 0.2) is 108 Å². The number of ether oxygens (including phenoxy) is 1. The summed E-state index contributed by atoms with van der Waals surface area (Å²) < 4.78 is 7.08. The Labute approximate surface area is 213 Å². The Kier molecular flexibility index (Phi) is 5.94. The van der Waals surface area contributed by atoms with Crippen molar-refractivity contribution in [2.75, 3.05) is 6.61 Å². The number of hydrogen-bond donors (Lipinski definition) is 0. The van der Waals surface area contributed by atoms with Crippen molar-refractivity contribution in [1.82, 2.24) is 14.6 Å². The summed E-state index contributed by atoms with van der Waals surface area (Å²) in [5.41, 5.74) is 4.40. The molecule has 0 N–H and O–H groups in total. The van der Waals surface area contributed by atoms with E-state index in [1.54, 1.807) is 10.9 Å². The molecule has 0 spiro atoms. The lowest BCUT2D eigenvalue weighted by Crippen LogP contribution is -2.31. The van der Waals surface area contributed by atoms with Gasteiger partial charge in [-0.1, -0.05) is 78.9 Å². The van der Waals surface area contributed by atoms with Gasteiger partial charge in [-0.2, -0.15) is 5.10 Å². The molecule has 1 aliphatic heterocycles. The van der Waals surface area contributed by atoms with Gasteiger partial charge in [-0.15, -0.1) is 0 Å². The van der Waals surface area contributed by atoms with E-state index in [1.807, 2.05) is 72.8 Å². The highest BCUT2D eigenvalue weighted by Gasteiger charge is 2.33. The molecule has 4 aromatic carbocycles. The Morgan fingerprint density at radius 1 is 0.865 bits per heavy atom. The van der Waals surface area contributed by atoms with Crippen molar-refractivity contribution in [2.24, 2.45) is 5.10 Å². The second kappa shape index (κ2) is 9.70. The minimum Gasteiger partial charge on any atom is -0.454 e. The van der Waals surface area contributed by atoms with Gasteiger partial charge in [-0.25, -0.2) is 9.99 Å². The number of fused-ring (bicyclic) bond motifs is 2. The highest BCUT2D eigenvalue weighted by Crippen LogP contribution is 2.33. The molecule has 37 heavy (non-hydrogen) atoms. The fourth-order valence-corrected chi connectivity index (χ4v) is 4.75. The molecule has 1 unspecified atom stereocenters. The number of benzene rings is 4. The van der Waals surface area contributed by atoms with Gasteiger partial charge in [0.1, 0.15) is 6.54 Å². The van der Waals surface area contributed by atoms with Gasteiger partial charge in [0.05, 0.1) is 29.1 Å². The van der Waals surface area contributed by atoms with Crippen LogP contribution in [0.2, 0.25) is 0 Å². The number of hydrogen-bond acceptors (Lipinski definition) is 5. The summed E-state index contributed by atoms with van der Waals surface area (Å²) in [6.45, 7) is -0.412. The van der Waals surface area contributed by atoms with Gasteiger partial charge in [-0.05, 0) is 40.1 Å². The molecule has 1 aliphatic rings. The molecule has 7 heteroatoms. The van der Waals surface area contributed by atoms with Crippen LogP contribution in [0.25, 0.3) is 21.8 Å². The van der Waals surface area contributed by atoms with Crippen molar-refractivity contribution in [3.63, 3.8) is 0 Å². The summed E-state index contributed by atoms with van der Waals surface area (Å²) in [6, 6.07) is 31.4. The number of hydrazone groups is 1. The molecule has 7 nitrogen and oxygen atoms in total. The summed E-state index contributed by atoms with van der Waals surface area (Å²) in [7, 11) is 0. The smallest absolute Gasteiger partial charge is 0.326 e. The molecule has 2 heterocycles. The molecule has 0 saturated carbocycles. The molecule has 0 saturated heterocycles. The van der Waals surface area contributed by atoms with E-state index in [9.17, 15) is 9.59 Å². The lowest BCUT2D eigenvalue weighted by atomic mass is 9.97. The number of esters is 1. The molecule has 0 bridgehead atoms. The summed E-state index contributed by atoms with van der Waals surface area (Å²) in [5, 5.41) is 8.43. The second-order valence-corrected chi connectivity index (χ2v) is 9.00. The molecule has 5 aromatic rings. The van der Waals surface area contributed by atoms with Crippen LogP contribution in [0, 0.1) is 0 Å². The highest BCUT2D eigenvalue weighted by molar-refractivity contribution is 6.05. The number of imidazole rings is 1. The van der Waals surface area contributed by atoms with Crippen molar-refractivity contribution in [2.45, 2.75) is 19.0 Å². The maximum atomic E-state index is 13.3. The van der Waals surface area contributed by atoms with Crippen molar-refractivity contribution < 1.29 is 14.3 Å². The first-order valence-corrected chi connectivity index (χ1v) is 12.1. The molecule has 1 aromatic heterocycles. The van der Waals surface area contributed by atoms with Gasteiger partial charge >= 0.3 is 5.97 Å². The Bertz CT molecular complexity index is 1640. The first-order valence-electron chi connectivity index (χ1n) is 12.1. The van der Waals surface area contributed by atoms with Crippen LogP contribution in [-0.2, 0) is 20.9 Å². The predicted molar refractivity (Wildman–Crippen MR) is 142 cm³/mol. The monoisotopic (exact) mass is 488 g/mol. The Morgan fingerprint density at radius 3 is 2.49 bits per heavy atom. The lowest BCUT2D eigenvalue weighted by Gasteiger charge is -2.22. The average Bonchev–Trinajstić information content (AvgIpc) is 3.57. The van der Waals surface area contributed by atoms with Crippen LogP contribution in [0.3, 0.4) is 0 Å². The van der Waals surface area contributed by atoms with E-state index >= 15 is 0 Å². The van der Waals surface area contributed by atoms with Gasteiger partial charge in [-0.3, -0.25) is 9.59 Å². The summed E-state index contributed by atoms with van der Waals surface area (Å²) in [5.74, 6) is -0.876. The van der Waals surface area contributed by atoms with Crippen LogP contribution in [0.5, 0.6) is 0 Å². The lowest BCUT2D eigenvalue weighted by molar-refractivity contribution is -0.153. The minimum atomic E-state index is -0.509. The molecule has 0 fully saturated rings. The predicted octanol–water partition coefficient (Wildman–Crippen LogP) is 5.11. The molecular weight excluding hydrogens is 464 g/mol. The maximum absolute atomic E-state index is 13.3. The molecule has 182 valence electrons. The van der Waals surface area contributed by atoms with Crippen molar-refractivity contribution >= 4 is 39.4 Å². The van der Waals surface area contributed by atoms with Gasteiger partial charge < -0.3 is 9.30 Å². The maximum Gasteiger partial charge on any atom is 0.326 e. The van der Waals surface area contributed by atoms with Gasteiger partial charge in [0.2, 0.25) is 0 Å². The quantitative estimate of drug-likeness (QED) is 0.311. The van der Waals surface area contributed by atoms with Crippen LogP contribution in [-0.4, -0.2) is 38.8 Å². The van der Waals surface area contributed by atoms with E-state index in [4.69, 9.17) is 9.84 Å². The third kappa shape index (κ3) is 4.59. The number of carbonyl (C=O) groups is 2. The fraction of sp³-hybridized carbons (Fsp3) is 0.133. The standard InChI is InChI=1S/C30H24N4O3/c35-29(19-37-30(36)18-33-20-31-25-12-6-7-13-27(25)33)34-28(22-9-2-1-3-10-22)17-26(32-34)24-15-14-21-8-4-5-11-23(21)16-24/h1-16,20,28H,17-19H2. The third-order valence-corrected chi connectivity index (χ3v) is 6.62. The first-order chi connectivity index (χ1) is 18.2. The van der Waals surface area contributed by atoms with E-state index in [0.29, 0.717) is 6.42 Å². The van der Waals surface area contributed by atoms with Gasteiger partial charge in [0.25, 0.3) is 5.91 Å². The largest absolute Gasteiger partial charge is 0.454 e. The second-order valence-electron chi connectivity index (χ2n) is 9.00. The normalized spacial score (nSPS) is 15.2. The van der Waals surface area contributed by atoms with Gasteiger partial charge in [0.15, 0.2) is 6.61 Å². The summed E-state index contributed by atoms with van der Waals surface area (Å²) in [4.78, 5) is 30.1. The number of rotatable bonds is 6. The molecule has 0 aliphatic carbocycles. The van der Waals surface area contributed by atoms with E-state index in [1.165, 1.54) is 5.01 Å². The highest BCUT2D eigenvalue weighted by atomic mass is 16.5. The summed E-state index contributed by atoms with van der Waals surface area (Å²) in [6.07, 6.45) is 2.17. The Hall–Kier alpha value is -4.78. The van der Waals surface area contributed by atoms with E-state index in [2.05, 4.69) is 29.2 Å². The zero-order valence-electron chi connectivity index (χ0n) is 20.0. The summed E-state index contributed by atoms with van der Waals surface area (Å²) >= 11 is 0. The average molecular weight is 489 g/mol. The Balaban J connectivity index is 1.20. The van der Waals surface area contributed by atoms with Crippen LogP contribution < -0.4 is 0 Å². The zero-order chi connectivity index (χ0) is 25.2. The third-order valence-electron chi connectivity index (χ3n) is 6.62. The van der Waals surface area contributed by atoms with Crippen LogP contribution >= 0.6 is 0 Å². The minimum absolute atomic E-state index is 0.0263. The zero-order valence-corrected chi connectivity index (χ0v) is 20.0. The number of carbonyl (C=O) groups excluding carboxylic acids is 2. The molecule has 1 amide bonds. The SMILES string of the molecule is O=C(Cn1cnc2ccccc21)OCC(=O)N1N=C(c2ccc3ccccc3c2)CC1c1ccccc1. The van der Waals surface area contributed by atoms with E-state index in [0.717, 1.165) is 38.6 Å². The van der Waals surface area contributed by atoms with Gasteiger partial charge in [0, 0.05) is 6.42 Å². The topological polar surface area (TPSA) is 76.8 Å².